The van der Waals surface area contributed by atoms with E-state index in [1.807, 2.05) is 30.3 Å². The number of carbonyl (C=O) groups is 2. The molecule has 0 atom stereocenters. The van der Waals surface area contributed by atoms with Crippen molar-refractivity contribution in [2.75, 3.05) is 16.4 Å². The number of benzene rings is 1. The van der Waals surface area contributed by atoms with Gasteiger partial charge in [-0.15, -0.1) is 10.2 Å². The van der Waals surface area contributed by atoms with Crippen LogP contribution >= 0.6 is 23.1 Å². The molecule has 2 rings (SSSR count). The number of para-hydroxylation sites is 1. The molecule has 0 bridgehead atoms. The highest BCUT2D eigenvalue weighted by Crippen LogP contribution is 2.25. The topological polar surface area (TPSA) is 84.0 Å². The van der Waals surface area contributed by atoms with Gasteiger partial charge in [-0.3, -0.25) is 9.59 Å². The molecule has 2 N–H and O–H groups in total. The third kappa shape index (κ3) is 5.12. The molecule has 1 heterocycles. The van der Waals surface area contributed by atoms with Crippen molar-refractivity contribution in [3.63, 3.8) is 0 Å². The Labute approximate surface area is 136 Å². The van der Waals surface area contributed by atoms with Gasteiger partial charge < -0.3 is 10.6 Å². The van der Waals surface area contributed by atoms with Crippen LogP contribution in [0.15, 0.2) is 34.7 Å². The molecule has 22 heavy (non-hydrogen) atoms. The maximum absolute atomic E-state index is 11.8. The molecule has 2 aromatic rings. The predicted octanol–water partition coefficient (Wildman–Crippen LogP) is 2.86. The van der Waals surface area contributed by atoms with E-state index in [-0.39, 0.29) is 23.5 Å². The van der Waals surface area contributed by atoms with E-state index in [4.69, 9.17) is 0 Å². The third-order valence-corrected chi connectivity index (χ3v) is 4.52. The summed E-state index contributed by atoms with van der Waals surface area (Å²) < 4.78 is 0.641. The molecule has 2 amide bonds. The van der Waals surface area contributed by atoms with E-state index in [9.17, 15) is 9.59 Å². The van der Waals surface area contributed by atoms with Gasteiger partial charge in [0.15, 0.2) is 4.34 Å². The van der Waals surface area contributed by atoms with Crippen LogP contribution in [0, 0.1) is 5.92 Å². The molecular formula is C14H16N4O2S2. The maximum Gasteiger partial charge on any atom is 0.234 e. The second kappa shape index (κ2) is 7.90. The van der Waals surface area contributed by atoms with E-state index in [0.29, 0.717) is 9.47 Å². The van der Waals surface area contributed by atoms with Gasteiger partial charge in [-0.2, -0.15) is 0 Å². The van der Waals surface area contributed by atoms with Crippen LogP contribution in [0.1, 0.15) is 13.8 Å². The first-order chi connectivity index (χ1) is 10.5. The summed E-state index contributed by atoms with van der Waals surface area (Å²) >= 11 is 2.54. The first-order valence-corrected chi connectivity index (χ1v) is 8.47. The first-order valence-electron chi connectivity index (χ1n) is 6.66. The molecule has 0 aliphatic carbocycles. The Bertz CT molecular complexity index is 643. The van der Waals surface area contributed by atoms with E-state index in [1.54, 1.807) is 13.8 Å². The molecule has 0 unspecified atom stereocenters. The molecule has 8 heteroatoms. The Morgan fingerprint density at radius 1 is 1.18 bits per heavy atom. The lowest BCUT2D eigenvalue weighted by Crippen LogP contribution is -2.17. The van der Waals surface area contributed by atoms with Crippen molar-refractivity contribution < 1.29 is 9.59 Å². The van der Waals surface area contributed by atoms with Crippen molar-refractivity contribution in [2.24, 2.45) is 5.92 Å². The maximum atomic E-state index is 11.8. The summed E-state index contributed by atoms with van der Waals surface area (Å²) in [5, 5.41) is 13.8. The van der Waals surface area contributed by atoms with Gasteiger partial charge in [-0.1, -0.05) is 55.1 Å². The number of rotatable bonds is 6. The Morgan fingerprint density at radius 2 is 1.91 bits per heavy atom. The van der Waals surface area contributed by atoms with Crippen LogP contribution in [-0.4, -0.2) is 27.8 Å². The Balaban J connectivity index is 1.81. The van der Waals surface area contributed by atoms with Crippen molar-refractivity contribution in [2.45, 2.75) is 18.2 Å². The molecule has 116 valence electrons. The zero-order valence-electron chi connectivity index (χ0n) is 12.2. The van der Waals surface area contributed by atoms with E-state index in [2.05, 4.69) is 20.8 Å². The molecule has 0 aliphatic rings. The number of nitrogens with zero attached hydrogens (tertiary/aromatic N) is 2. The number of aromatic nitrogens is 2. The first kappa shape index (κ1) is 16.4. The highest BCUT2D eigenvalue weighted by atomic mass is 32.2. The minimum atomic E-state index is -0.114. The lowest BCUT2D eigenvalue weighted by molar-refractivity contribution is -0.119. The Hall–Kier alpha value is -1.93. The van der Waals surface area contributed by atoms with Crippen molar-refractivity contribution in [1.29, 1.82) is 0 Å². The fourth-order valence-corrected chi connectivity index (χ4v) is 2.97. The second-order valence-corrected chi connectivity index (χ2v) is 6.92. The summed E-state index contributed by atoms with van der Waals surface area (Å²) in [6, 6.07) is 9.26. The molecule has 0 saturated heterocycles. The highest BCUT2D eigenvalue weighted by molar-refractivity contribution is 8.01. The van der Waals surface area contributed by atoms with Gasteiger partial charge in [-0.25, -0.2) is 0 Å². The monoisotopic (exact) mass is 336 g/mol. The van der Waals surface area contributed by atoms with Gasteiger partial charge in [0.2, 0.25) is 16.9 Å². The molecule has 1 aromatic heterocycles. The van der Waals surface area contributed by atoms with Crippen molar-refractivity contribution in [3.05, 3.63) is 30.3 Å². The number of hydrogen-bond donors (Lipinski definition) is 2. The van der Waals surface area contributed by atoms with Crippen molar-refractivity contribution in [3.8, 4) is 0 Å². The van der Waals surface area contributed by atoms with Gasteiger partial charge in [0.05, 0.1) is 5.75 Å². The van der Waals surface area contributed by atoms with Crippen LogP contribution in [0.25, 0.3) is 0 Å². The summed E-state index contributed by atoms with van der Waals surface area (Å²) in [4.78, 5) is 23.4. The minimum Gasteiger partial charge on any atom is -0.325 e. The van der Waals surface area contributed by atoms with Crippen LogP contribution < -0.4 is 10.6 Å². The molecule has 6 nitrogen and oxygen atoms in total. The van der Waals surface area contributed by atoms with Gasteiger partial charge in [-0.05, 0) is 12.1 Å². The van der Waals surface area contributed by atoms with Gasteiger partial charge in [0, 0.05) is 11.6 Å². The quantitative estimate of drug-likeness (QED) is 0.626. The largest absolute Gasteiger partial charge is 0.325 e. The van der Waals surface area contributed by atoms with Gasteiger partial charge in [0.1, 0.15) is 0 Å². The van der Waals surface area contributed by atoms with Crippen molar-refractivity contribution in [1.82, 2.24) is 10.2 Å². The minimum absolute atomic E-state index is 0.102. The summed E-state index contributed by atoms with van der Waals surface area (Å²) in [6.07, 6.45) is 0. The molecule has 0 spiro atoms. The van der Waals surface area contributed by atoms with E-state index in [0.717, 1.165) is 5.69 Å². The van der Waals surface area contributed by atoms with Crippen LogP contribution in [-0.2, 0) is 9.59 Å². The zero-order valence-corrected chi connectivity index (χ0v) is 13.8. The summed E-state index contributed by atoms with van der Waals surface area (Å²) in [6.45, 7) is 3.61. The van der Waals surface area contributed by atoms with Crippen LogP contribution in [0.5, 0.6) is 0 Å². The number of anilines is 2. The number of amides is 2. The van der Waals surface area contributed by atoms with E-state index in [1.165, 1.54) is 23.1 Å². The average Bonchev–Trinajstić information content (AvgIpc) is 2.93. The standard InChI is InChI=1S/C14H16N4O2S2/c1-9(2)12(20)16-13-17-18-14(22-13)21-8-11(19)15-10-6-4-3-5-7-10/h3-7,9H,8H2,1-2H3,(H,15,19)(H,16,17,20). The molecule has 0 saturated carbocycles. The highest BCUT2D eigenvalue weighted by Gasteiger charge is 2.12. The Morgan fingerprint density at radius 3 is 2.59 bits per heavy atom. The number of carbonyl (C=O) groups excluding carboxylic acids is 2. The van der Waals surface area contributed by atoms with Crippen molar-refractivity contribution >= 4 is 45.7 Å². The number of nitrogens with one attached hydrogen (secondary N) is 2. The van der Waals surface area contributed by atoms with E-state index >= 15 is 0 Å². The average molecular weight is 336 g/mol. The fraction of sp³-hybridized carbons (Fsp3) is 0.286. The fourth-order valence-electron chi connectivity index (χ4n) is 1.41. The molecule has 0 fully saturated rings. The second-order valence-electron chi connectivity index (χ2n) is 4.72. The summed E-state index contributed by atoms with van der Waals surface area (Å²) in [5.74, 6) is -0.0906. The summed E-state index contributed by atoms with van der Waals surface area (Å²) in [5.41, 5.74) is 0.759. The smallest absolute Gasteiger partial charge is 0.234 e. The lowest BCUT2D eigenvalue weighted by Gasteiger charge is -2.03. The van der Waals surface area contributed by atoms with Crippen LogP contribution in [0.2, 0.25) is 0 Å². The number of thioether (sulfide) groups is 1. The Kier molecular flexibility index (Phi) is 5.91. The SMILES string of the molecule is CC(C)C(=O)Nc1nnc(SCC(=O)Nc2ccccc2)s1. The predicted molar refractivity (Wildman–Crippen MR) is 89.2 cm³/mol. The zero-order chi connectivity index (χ0) is 15.9. The van der Waals surface area contributed by atoms with Gasteiger partial charge >= 0.3 is 0 Å². The summed E-state index contributed by atoms with van der Waals surface area (Å²) in [7, 11) is 0. The third-order valence-electron chi connectivity index (χ3n) is 2.55. The normalized spacial score (nSPS) is 10.5. The van der Waals surface area contributed by atoms with Crippen LogP contribution in [0.3, 0.4) is 0 Å². The van der Waals surface area contributed by atoms with Gasteiger partial charge in [0.25, 0.3) is 0 Å². The van der Waals surface area contributed by atoms with E-state index < -0.39 is 0 Å². The number of hydrogen-bond acceptors (Lipinski definition) is 6. The molecular weight excluding hydrogens is 320 g/mol. The van der Waals surface area contributed by atoms with Crippen LogP contribution in [0.4, 0.5) is 10.8 Å². The molecule has 0 radical (unpaired) electrons. The molecule has 0 aliphatic heterocycles. The molecule has 1 aromatic carbocycles. The lowest BCUT2D eigenvalue weighted by atomic mass is 10.2.